The molecule has 0 heterocycles. The minimum absolute atomic E-state index is 0.0733. The van der Waals surface area contributed by atoms with Crippen molar-refractivity contribution in [3.8, 4) is 0 Å². The number of methoxy groups -OCH3 is 1. The summed E-state index contributed by atoms with van der Waals surface area (Å²) in [6.45, 7) is 0.952. The van der Waals surface area contributed by atoms with Gasteiger partial charge in [0, 0.05) is 25.2 Å². The van der Waals surface area contributed by atoms with Crippen LogP contribution in [0.25, 0.3) is 0 Å². The minimum Gasteiger partial charge on any atom is -0.481 e. The molecule has 110 valence electrons. The Bertz CT molecular complexity index is 447. The Labute approximate surface area is 123 Å². The molecule has 6 heteroatoms. The Balaban J connectivity index is 2.61. The lowest BCUT2D eigenvalue weighted by Gasteiger charge is -2.21. The molecule has 0 aromatic heterocycles. The van der Waals surface area contributed by atoms with E-state index in [9.17, 15) is 9.59 Å². The smallest absolute Gasteiger partial charge is 0.305 e. The second-order valence-corrected chi connectivity index (χ2v) is 4.76. The molecule has 0 saturated carbocycles. The van der Waals surface area contributed by atoms with E-state index in [1.54, 1.807) is 31.4 Å². The van der Waals surface area contributed by atoms with Crippen molar-refractivity contribution in [3.05, 3.63) is 34.9 Å². The molecular formula is C14H18ClNO4. The largest absolute Gasteiger partial charge is 0.481 e. The molecule has 5 nitrogen and oxygen atoms in total. The molecule has 0 saturated heterocycles. The van der Waals surface area contributed by atoms with Gasteiger partial charge < -0.3 is 14.7 Å². The van der Waals surface area contributed by atoms with Crippen molar-refractivity contribution in [2.45, 2.75) is 12.8 Å². The predicted molar refractivity (Wildman–Crippen MR) is 75.9 cm³/mol. The molecule has 0 aliphatic carbocycles. The van der Waals surface area contributed by atoms with E-state index in [0.717, 1.165) is 5.56 Å². The Morgan fingerprint density at radius 3 is 2.45 bits per heavy atom. The lowest BCUT2D eigenvalue weighted by molar-refractivity contribution is -0.138. The summed E-state index contributed by atoms with van der Waals surface area (Å²) < 4.78 is 4.94. The van der Waals surface area contributed by atoms with Gasteiger partial charge in [-0.2, -0.15) is 0 Å². The average Bonchev–Trinajstić information content (AvgIpc) is 2.41. The Morgan fingerprint density at radius 1 is 1.25 bits per heavy atom. The van der Waals surface area contributed by atoms with Gasteiger partial charge in [0.2, 0.25) is 5.91 Å². The van der Waals surface area contributed by atoms with Crippen LogP contribution in [-0.2, 0) is 20.7 Å². The van der Waals surface area contributed by atoms with E-state index in [2.05, 4.69) is 0 Å². The van der Waals surface area contributed by atoms with E-state index >= 15 is 0 Å². The quantitative estimate of drug-likeness (QED) is 0.795. The maximum Gasteiger partial charge on any atom is 0.305 e. The Morgan fingerprint density at radius 2 is 1.90 bits per heavy atom. The van der Waals surface area contributed by atoms with E-state index in [-0.39, 0.29) is 25.3 Å². The molecule has 0 atom stereocenters. The van der Waals surface area contributed by atoms with Gasteiger partial charge in [-0.25, -0.2) is 0 Å². The number of halogens is 1. The van der Waals surface area contributed by atoms with Gasteiger partial charge in [0.25, 0.3) is 0 Å². The van der Waals surface area contributed by atoms with Gasteiger partial charge in [-0.1, -0.05) is 23.7 Å². The molecule has 0 radical (unpaired) electrons. The number of aliphatic carboxylic acids is 1. The summed E-state index contributed by atoms with van der Waals surface area (Å²) in [4.78, 5) is 24.3. The number of carboxylic acids is 1. The van der Waals surface area contributed by atoms with E-state index in [1.807, 2.05) is 0 Å². The van der Waals surface area contributed by atoms with Gasteiger partial charge in [-0.15, -0.1) is 0 Å². The van der Waals surface area contributed by atoms with Crippen LogP contribution in [0.2, 0.25) is 5.02 Å². The van der Waals surface area contributed by atoms with Gasteiger partial charge in [-0.3, -0.25) is 9.59 Å². The van der Waals surface area contributed by atoms with Crippen LogP contribution in [0.5, 0.6) is 0 Å². The number of rotatable bonds is 8. The number of ether oxygens (including phenoxy) is 1. The molecule has 1 amide bonds. The minimum atomic E-state index is -0.924. The molecule has 1 N–H and O–H groups in total. The van der Waals surface area contributed by atoms with Gasteiger partial charge in [-0.05, 0) is 17.7 Å². The number of carboxylic acid groups (broad SMARTS) is 1. The van der Waals surface area contributed by atoms with Crippen LogP contribution in [0.15, 0.2) is 24.3 Å². The van der Waals surface area contributed by atoms with Crippen LogP contribution in [0.4, 0.5) is 0 Å². The summed E-state index contributed by atoms with van der Waals surface area (Å²) in [6.07, 6.45) is 0.149. The lowest BCUT2D eigenvalue weighted by atomic mass is 10.1. The molecule has 0 aliphatic rings. The van der Waals surface area contributed by atoms with Crippen LogP contribution in [0, 0.1) is 0 Å². The second-order valence-electron chi connectivity index (χ2n) is 4.32. The van der Waals surface area contributed by atoms with Gasteiger partial charge in [0.1, 0.15) is 0 Å². The standard InChI is InChI=1S/C14H18ClNO4/c1-20-9-8-16(7-6-14(18)19)13(17)10-11-2-4-12(15)5-3-11/h2-5H,6-10H2,1H3,(H,18,19). The topological polar surface area (TPSA) is 66.8 Å². The summed E-state index contributed by atoms with van der Waals surface area (Å²) in [6, 6.07) is 7.01. The first-order valence-electron chi connectivity index (χ1n) is 6.26. The maximum absolute atomic E-state index is 12.2. The van der Waals surface area contributed by atoms with Crippen molar-refractivity contribution in [1.29, 1.82) is 0 Å². The lowest BCUT2D eigenvalue weighted by Crippen LogP contribution is -2.36. The van der Waals surface area contributed by atoms with Crippen molar-refractivity contribution in [1.82, 2.24) is 4.90 Å². The highest BCUT2D eigenvalue weighted by Gasteiger charge is 2.15. The number of benzene rings is 1. The van der Waals surface area contributed by atoms with Crippen LogP contribution in [0.1, 0.15) is 12.0 Å². The van der Waals surface area contributed by atoms with Crippen molar-refractivity contribution in [2.24, 2.45) is 0 Å². The fraction of sp³-hybridized carbons (Fsp3) is 0.429. The molecule has 0 aliphatic heterocycles. The zero-order valence-corrected chi connectivity index (χ0v) is 12.1. The van der Waals surface area contributed by atoms with E-state index in [4.69, 9.17) is 21.4 Å². The van der Waals surface area contributed by atoms with Crippen molar-refractivity contribution in [2.75, 3.05) is 26.8 Å². The highest BCUT2D eigenvalue weighted by molar-refractivity contribution is 6.30. The highest BCUT2D eigenvalue weighted by Crippen LogP contribution is 2.11. The first kappa shape index (κ1) is 16.5. The monoisotopic (exact) mass is 299 g/mol. The summed E-state index contributed by atoms with van der Waals surface area (Å²) in [7, 11) is 1.54. The van der Waals surface area contributed by atoms with Crippen molar-refractivity contribution < 1.29 is 19.4 Å². The summed E-state index contributed by atoms with van der Waals surface area (Å²) in [5, 5.41) is 9.32. The molecule has 0 bridgehead atoms. The van der Waals surface area contributed by atoms with Gasteiger partial charge in [0.15, 0.2) is 0 Å². The Kier molecular flexibility index (Phi) is 7.04. The molecule has 0 spiro atoms. The number of nitrogens with zero attached hydrogens (tertiary/aromatic N) is 1. The Hall–Kier alpha value is -1.59. The summed E-state index contributed by atoms with van der Waals surface area (Å²) in [5.74, 6) is -1.04. The normalized spacial score (nSPS) is 10.3. The molecule has 1 rings (SSSR count). The third-order valence-electron chi connectivity index (χ3n) is 2.78. The number of hydrogen-bond acceptors (Lipinski definition) is 3. The van der Waals surface area contributed by atoms with Crippen LogP contribution < -0.4 is 0 Å². The second kappa shape index (κ2) is 8.55. The maximum atomic E-state index is 12.2. The average molecular weight is 300 g/mol. The van der Waals surface area contributed by atoms with E-state index in [1.165, 1.54) is 4.90 Å². The highest BCUT2D eigenvalue weighted by atomic mass is 35.5. The van der Waals surface area contributed by atoms with Crippen molar-refractivity contribution in [3.63, 3.8) is 0 Å². The molecule has 1 aromatic rings. The van der Waals surface area contributed by atoms with Gasteiger partial charge >= 0.3 is 5.97 Å². The molecular weight excluding hydrogens is 282 g/mol. The number of amides is 1. The number of hydrogen-bond donors (Lipinski definition) is 1. The fourth-order valence-electron chi connectivity index (χ4n) is 1.68. The fourth-order valence-corrected chi connectivity index (χ4v) is 1.81. The number of carbonyl (C=O) groups excluding carboxylic acids is 1. The van der Waals surface area contributed by atoms with Gasteiger partial charge in [0.05, 0.1) is 19.4 Å². The SMILES string of the molecule is COCCN(CCC(=O)O)C(=O)Cc1ccc(Cl)cc1. The summed E-state index contributed by atoms with van der Waals surface area (Å²) in [5.41, 5.74) is 0.845. The van der Waals surface area contributed by atoms with Crippen LogP contribution in [-0.4, -0.2) is 48.7 Å². The molecule has 0 unspecified atom stereocenters. The third kappa shape index (κ3) is 6.04. The third-order valence-corrected chi connectivity index (χ3v) is 3.03. The van der Waals surface area contributed by atoms with E-state index < -0.39 is 5.97 Å². The van der Waals surface area contributed by atoms with Crippen molar-refractivity contribution >= 4 is 23.5 Å². The zero-order chi connectivity index (χ0) is 15.0. The molecule has 20 heavy (non-hydrogen) atoms. The van der Waals surface area contributed by atoms with E-state index in [0.29, 0.717) is 18.2 Å². The van der Waals surface area contributed by atoms with Crippen LogP contribution >= 0.6 is 11.6 Å². The number of carbonyl (C=O) groups is 2. The zero-order valence-electron chi connectivity index (χ0n) is 11.3. The molecule has 1 aromatic carbocycles. The molecule has 0 fully saturated rings. The predicted octanol–water partition coefficient (Wildman–Crippen LogP) is 1.83. The van der Waals surface area contributed by atoms with Crippen LogP contribution in [0.3, 0.4) is 0 Å². The first-order chi connectivity index (χ1) is 9.52. The summed E-state index contributed by atoms with van der Waals surface area (Å²) >= 11 is 5.79. The first-order valence-corrected chi connectivity index (χ1v) is 6.63.